The maximum absolute atomic E-state index is 5.61. The molecule has 1 aromatic carbocycles. The molecule has 0 bridgehead atoms. The second kappa shape index (κ2) is 8.32. The summed E-state index contributed by atoms with van der Waals surface area (Å²) >= 11 is 0. The van der Waals surface area contributed by atoms with Crippen molar-refractivity contribution in [2.75, 3.05) is 13.2 Å². The first-order chi connectivity index (χ1) is 9.45. The number of benzene rings is 1. The second-order valence-electron chi connectivity index (χ2n) is 4.27. The summed E-state index contributed by atoms with van der Waals surface area (Å²) in [7, 11) is 0. The van der Waals surface area contributed by atoms with Gasteiger partial charge in [0.05, 0.1) is 13.2 Å². The van der Waals surface area contributed by atoms with Gasteiger partial charge >= 0.3 is 0 Å². The Balaban J connectivity index is 1.42. The van der Waals surface area contributed by atoms with Crippen molar-refractivity contribution >= 4 is 0 Å². The average molecular weight is 261 g/mol. The fourth-order valence-corrected chi connectivity index (χ4v) is 1.68. The van der Waals surface area contributed by atoms with E-state index in [-0.39, 0.29) is 0 Å². The van der Waals surface area contributed by atoms with Gasteiger partial charge in [-0.05, 0) is 31.4 Å². The fraction of sp³-hybridized carbons (Fsp3) is 0.400. The van der Waals surface area contributed by atoms with E-state index in [1.54, 1.807) is 6.26 Å². The van der Waals surface area contributed by atoms with Gasteiger partial charge in [-0.3, -0.25) is 0 Å². The van der Waals surface area contributed by atoms with Gasteiger partial charge in [-0.1, -0.05) is 23.4 Å². The summed E-state index contributed by atoms with van der Waals surface area (Å²) in [5.74, 6) is 0.935. The molecule has 2 aromatic rings. The molecular formula is C15H19NO3. The SMILES string of the molecule is c1ccc(OCCCCCOCc2ccon2)cc1. The minimum atomic E-state index is 0.525. The highest BCUT2D eigenvalue weighted by molar-refractivity contribution is 5.20. The summed E-state index contributed by atoms with van der Waals surface area (Å²) in [5.41, 5.74) is 0.840. The van der Waals surface area contributed by atoms with Crippen LogP contribution in [0.1, 0.15) is 25.0 Å². The topological polar surface area (TPSA) is 44.5 Å². The van der Waals surface area contributed by atoms with E-state index in [0.29, 0.717) is 6.61 Å². The third kappa shape index (κ3) is 5.57. The number of rotatable bonds is 9. The van der Waals surface area contributed by atoms with Crippen LogP contribution in [0.5, 0.6) is 5.75 Å². The number of ether oxygens (including phenoxy) is 2. The minimum absolute atomic E-state index is 0.525. The van der Waals surface area contributed by atoms with Crippen LogP contribution < -0.4 is 4.74 Å². The van der Waals surface area contributed by atoms with Crippen LogP contribution in [-0.2, 0) is 11.3 Å². The van der Waals surface area contributed by atoms with Crippen molar-refractivity contribution in [3.63, 3.8) is 0 Å². The Hall–Kier alpha value is -1.81. The predicted molar refractivity (Wildman–Crippen MR) is 71.9 cm³/mol. The van der Waals surface area contributed by atoms with E-state index in [2.05, 4.69) is 5.16 Å². The number of unbranched alkanes of at least 4 members (excludes halogenated alkanes) is 2. The highest BCUT2D eigenvalue weighted by Gasteiger charge is 1.96. The maximum Gasteiger partial charge on any atom is 0.124 e. The molecule has 1 heterocycles. The van der Waals surface area contributed by atoms with Gasteiger partial charge in [0, 0.05) is 12.7 Å². The molecule has 102 valence electrons. The van der Waals surface area contributed by atoms with E-state index in [1.807, 2.05) is 36.4 Å². The van der Waals surface area contributed by atoms with E-state index < -0.39 is 0 Å². The van der Waals surface area contributed by atoms with E-state index in [4.69, 9.17) is 14.0 Å². The minimum Gasteiger partial charge on any atom is -0.494 e. The van der Waals surface area contributed by atoms with Crippen LogP contribution in [0.3, 0.4) is 0 Å². The van der Waals surface area contributed by atoms with Crippen LogP contribution in [0.4, 0.5) is 0 Å². The van der Waals surface area contributed by atoms with Crippen molar-refractivity contribution in [1.29, 1.82) is 0 Å². The van der Waals surface area contributed by atoms with E-state index >= 15 is 0 Å². The summed E-state index contributed by atoms with van der Waals surface area (Å²) in [6, 6.07) is 11.7. The molecule has 0 aliphatic carbocycles. The second-order valence-corrected chi connectivity index (χ2v) is 4.27. The van der Waals surface area contributed by atoms with Gasteiger partial charge < -0.3 is 14.0 Å². The quantitative estimate of drug-likeness (QED) is 0.649. The molecule has 4 heteroatoms. The highest BCUT2D eigenvalue weighted by Crippen LogP contribution is 2.09. The lowest BCUT2D eigenvalue weighted by molar-refractivity contribution is 0.111. The maximum atomic E-state index is 5.61. The normalized spacial score (nSPS) is 10.5. The number of hydrogen-bond acceptors (Lipinski definition) is 4. The number of hydrogen-bond donors (Lipinski definition) is 0. The molecular weight excluding hydrogens is 242 g/mol. The van der Waals surface area contributed by atoms with Crippen molar-refractivity contribution in [1.82, 2.24) is 5.16 Å². The summed E-state index contributed by atoms with van der Waals surface area (Å²) in [5, 5.41) is 3.78. The first-order valence-electron chi connectivity index (χ1n) is 6.60. The smallest absolute Gasteiger partial charge is 0.124 e. The molecule has 0 spiro atoms. The fourth-order valence-electron chi connectivity index (χ4n) is 1.68. The van der Waals surface area contributed by atoms with E-state index in [9.17, 15) is 0 Å². The first kappa shape index (κ1) is 13.6. The number of aromatic nitrogens is 1. The van der Waals surface area contributed by atoms with Gasteiger partial charge in [-0.15, -0.1) is 0 Å². The summed E-state index contributed by atoms with van der Waals surface area (Å²) in [6.45, 7) is 2.03. The Labute approximate surface area is 113 Å². The number of para-hydroxylation sites is 1. The summed E-state index contributed by atoms with van der Waals surface area (Å²) < 4.78 is 15.8. The van der Waals surface area contributed by atoms with Crippen molar-refractivity contribution in [2.24, 2.45) is 0 Å². The molecule has 1 aromatic heterocycles. The Morgan fingerprint density at radius 3 is 2.58 bits per heavy atom. The molecule has 2 rings (SSSR count). The van der Waals surface area contributed by atoms with Gasteiger partial charge in [-0.2, -0.15) is 0 Å². The van der Waals surface area contributed by atoms with Crippen molar-refractivity contribution in [2.45, 2.75) is 25.9 Å². The lowest BCUT2D eigenvalue weighted by atomic mass is 10.2. The average Bonchev–Trinajstić information content (AvgIpc) is 2.96. The summed E-state index contributed by atoms with van der Waals surface area (Å²) in [6.07, 6.45) is 4.74. The Morgan fingerprint density at radius 2 is 1.79 bits per heavy atom. The van der Waals surface area contributed by atoms with Crippen molar-refractivity contribution in [3.05, 3.63) is 48.4 Å². The zero-order valence-electron chi connectivity index (χ0n) is 11.0. The molecule has 0 saturated carbocycles. The largest absolute Gasteiger partial charge is 0.494 e. The third-order valence-corrected chi connectivity index (χ3v) is 2.69. The van der Waals surface area contributed by atoms with E-state index in [1.165, 1.54) is 0 Å². The molecule has 0 aliphatic rings. The third-order valence-electron chi connectivity index (χ3n) is 2.69. The van der Waals surface area contributed by atoms with Crippen LogP contribution in [0.25, 0.3) is 0 Å². The van der Waals surface area contributed by atoms with Gasteiger partial charge in [-0.25, -0.2) is 0 Å². The molecule has 0 amide bonds. The summed E-state index contributed by atoms with van der Waals surface area (Å²) in [4.78, 5) is 0. The Bertz CT molecular complexity index is 428. The van der Waals surface area contributed by atoms with Crippen LogP contribution in [-0.4, -0.2) is 18.4 Å². The molecule has 0 N–H and O–H groups in total. The van der Waals surface area contributed by atoms with Crippen LogP contribution in [0.15, 0.2) is 47.2 Å². The molecule has 0 aliphatic heterocycles. The molecule has 0 saturated heterocycles. The number of nitrogens with zero attached hydrogens (tertiary/aromatic N) is 1. The van der Waals surface area contributed by atoms with Crippen LogP contribution in [0.2, 0.25) is 0 Å². The molecule has 4 nitrogen and oxygen atoms in total. The molecule has 0 fully saturated rings. The zero-order valence-corrected chi connectivity index (χ0v) is 11.0. The van der Waals surface area contributed by atoms with E-state index in [0.717, 1.165) is 43.9 Å². The molecule has 0 radical (unpaired) electrons. The Kier molecular flexibility index (Phi) is 5.96. The lowest BCUT2D eigenvalue weighted by Crippen LogP contribution is -1.99. The highest BCUT2D eigenvalue weighted by atomic mass is 16.5. The monoisotopic (exact) mass is 261 g/mol. The van der Waals surface area contributed by atoms with Gasteiger partial charge in [0.15, 0.2) is 0 Å². The molecule has 0 atom stereocenters. The molecule has 0 unspecified atom stereocenters. The standard InChI is InChI=1S/C15H19NO3/c1-3-7-15(8-4-1)18-11-6-2-5-10-17-13-14-9-12-19-16-14/h1,3-4,7-9,12H,2,5-6,10-11,13H2. The van der Waals surface area contributed by atoms with Gasteiger partial charge in [0.1, 0.15) is 17.7 Å². The van der Waals surface area contributed by atoms with Crippen LogP contribution in [0, 0.1) is 0 Å². The van der Waals surface area contributed by atoms with Crippen LogP contribution >= 0.6 is 0 Å². The Morgan fingerprint density at radius 1 is 0.947 bits per heavy atom. The molecule has 19 heavy (non-hydrogen) atoms. The van der Waals surface area contributed by atoms with Crippen molar-refractivity contribution in [3.8, 4) is 5.75 Å². The predicted octanol–water partition coefficient (Wildman–Crippen LogP) is 3.44. The zero-order chi connectivity index (χ0) is 13.2. The first-order valence-corrected chi connectivity index (χ1v) is 6.60. The van der Waals surface area contributed by atoms with Gasteiger partial charge in [0.25, 0.3) is 0 Å². The van der Waals surface area contributed by atoms with Crippen molar-refractivity contribution < 1.29 is 14.0 Å². The lowest BCUT2D eigenvalue weighted by Gasteiger charge is -2.05. The van der Waals surface area contributed by atoms with Gasteiger partial charge in [0.2, 0.25) is 0 Å².